The van der Waals surface area contributed by atoms with Crippen LogP contribution < -0.4 is 5.32 Å². The number of piperazine rings is 1. The van der Waals surface area contributed by atoms with Crippen molar-refractivity contribution in [1.29, 1.82) is 0 Å². The molecule has 1 saturated carbocycles. The molecule has 0 aromatic rings. The Balaban J connectivity index is 1.77. The van der Waals surface area contributed by atoms with Crippen LogP contribution in [0.3, 0.4) is 0 Å². The monoisotopic (exact) mass is 267 g/mol. The minimum atomic E-state index is 0.311. The van der Waals surface area contributed by atoms with Gasteiger partial charge in [0.2, 0.25) is 0 Å². The second-order valence-corrected chi connectivity index (χ2v) is 7.25. The van der Waals surface area contributed by atoms with Crippen LogP contribution in [0.4, 0.5) is 0 Å². The van der Waals surface area contributed by atoms with E-state index in [1.807, 2.05) is 0 Å². The Kier molecular flexibility index (Phi) is 5.67. The summed E-state index contributed by atoms with van der Waals surface area (Å²) in [7, 11) is 2.32. The van der Waals surface area contributed by atoms with Gasteiger partial charge in [-0.15, -0.1) is 0 Å². The molecule has 1 saturated heterocycles. The summed E-state index contributed by atoms with van der Waals surface area (Å²) in [5.74, 6) is 0.956. The molecule has 2 rings (SSSR count). The van der Waals surface area contributed by atoms with Crippen molar-refractivity contribution in [3.05, 3.63) is 0 Å². The van der Waals surface area contributed by atoms with Crippen molar-refractivity contribution >= 4 is 0 Å². The second kappa shape index (κ2) is 7.05. The third-order valence-corrected chi connectivity index (χ3v) is 4.92. The number of likely N-dealkylation sites (N-methyl/N-ethyl adjacent to an activating group) is 1. The third kappa shape index (κ3) is 4.73. The van der Waals surface area contributed by atoms with E-state index in [2.05, 4.69) is 36.0 Å². The van der Waals surface area contributed by atoms with E-state index < -0.39 is 0 Å². The fourth-order valence-electron chi connectivity index (χ4n) is 3.91. The van der Waals surface area contributed by atoms with Gasteiger partial charge in [0.05, 0.1) is 0 Å². The third-order valence-electron chi connectivity index (χ3n) is 4.92. The molecule has 0 amide bonds. The number of hydrogen-bond donors (Lipinski definition) is 1. The molecule has 0 aromatic heterocycles. The highest BCUT2D eigenvalue weighted by atomic mass is 15.3. The summed E-state index contributed by atoms with van der Waals surface area (Å²) in [5.41, 5.74) is 0.311. The lowest BCUT2D eigenvalue weighted by Crippen LogP contribution is -2.57. The van der Waals surface area contributed by atoms with E-state index >= 15 is 0 Å². The quantitative estimate of drug-likeness (QED) is 0.824. The molecule has 1 aliphatic carbocycles. The van der Waals surface area contributed by atoms with Crippen LogP contribution in [0, 0.1) is 5.92 Å². The van der Waals surface area contributed by atoms with Gasteiger partial charge in [0.15, 0.2) is 0 Å². The lowest BCUT2D eigenvalue weighted by atomic mass is 9.88. The van der Waals surface area contributed by atoms with Crippen molar-refractivity contribution in [3.63, 3.8) is 0 Å². The summed E-state index contributed by atoms with van der Waals surface area (Å²) in [6.07, 6.45) is 7.29. The Labute approximate surface area is 119 Å². The Bertz CT molecular complexity index is 253. The molecular weight excluding hydrogens is 234 g/mol. The molecule has 2 fully saturated rings. The van der Waals surface area contributed by atoms with Crippen molar-refractivity contribution < 1.29 is 0 Å². The van der Waals surface area contributed by atoms with Crippen LogP contribution in [0.2, 0.25) is 0 Å². The maximum absolute atomic E-state index is 3.45. The fraction of sp³-hybridized carbons (Fsp3) is 1.00. The smallest absolute Gasteiger partial charge is 0.0281 e. The molecular formula is C16H33N3. The van der Waals surface area contributed by atoms with E-state index in [0.29, 0.717) is 5.54 Å². The fourth-order valence-corrected chi connectivity index (χ4v) is 3.91. The second-order valence-electron chi connectivity index (χ2n) is 7.25. The van der Waals surface area contributed by atoms with Gasteiger partial charge < -0.3 is 10.2 Å². The average Bonchev–Trinajstić information content (AvgIpc) is 2.40. The van der Waals surface area contributed by atoms with Crippen LogP contribution >= 0.6 is 0 Å². The summed E-state index contributed by atoms with van der Waals surface area (Å²) in [4.78, 5) is 5.24. The zero-order valence-electron chi connectivity index (χ0n) is 13.2. The Morgan fingerprint density at radius 1 is 1.11 bits per heavy atom. The number of nitrogens with one attached hydrogen (secondary N) is 1. The topological polar surface area (TPSA) is 18.5 Å². The molecule has 1 heterocycles. The molecule has 0 atom stereocenters. The average molecular weight is 267 g/mol. The first-order valence-corrected chi connectivity index (χ1v) is 8.22. The number of nitrogens with zero attached hydrogens (tertiary/aromatic N) is 2. The highest BCUT2D eigenvalue weighted by molar-refractivity contribution is 4.87. The van der Waals surface area contributed by atoms with Gasteiger partial charge in [-0.05, 0) is 39.7 Å². The van der Waals surface area contributed by atoms with Crippen molar-refractivity contribution in [3.8, 4) is 0 Å². The Morgan fingerprint density at radius 3 is 2.37 bits per heavy atom. The summed E-state index contributed by atoms with van der Waals surface area (Å²) in [6, 6.07) is 0. The highest BCUT2D eigenvalue weighted by Crippen LogP contribution is 2.25. The molecule has 1 N–H and O–H groups in total. The predicted molar refractivity (Wildman–Crippen MR) is 82.6 cm³/mol. The van der Waals surface area contributed by atoms with Gasteiger partial charge in [-0.3, -0.25) is 4.90 Å². The number of rotatable bonds is 5. The summed E-state index contributed by atoms with van der Waals surface area (Å²) in [5, 5.41) is 3.45. The maximum atomic E-state index is 3.45. The Morgan fingerprint density at radius 2 is 1.74 bits per heavy atom. The normalized spacial score (nSPS) is 24.0. The molecule has 0 aromatic carbocycles. The van der Waals surface area contributed by atoms with Gasteiger partial charge in [-0.25, -0.2) is 0 Å². The lowest BCUT2D eigenvalue weighted by molar-refractivity contribution is 0.0645. The van der Waals surface area contributed by atoms with Crippen molar-refractivity contribution in [2.45, 2.75) is 51.5 Å². The van der Waals surface area contributed by atoms with Gasteiger partial charge in [-0.2, -0.15) is 0 Å². The molecule has 2 aliphatic rings. The molecule has 0 radical (unpaired) electrons. The molecule has 1 aliphatic heterocycles. The van der Waals surface area contributed by atoms with Crippen LogP contribution in [0.25, 0.3) is 0 Å². The SMILES string of the molecule is CN(CC1CCCCC1)CC(C)(C)N1CCNCC1. The van der Waals surface area contributed by atoms with Gasteiger partial charge in [-0.1, -0.05) is 19.3 Å². The molecule has 112 valence electrons. The lowest BCUT2D eigenvalue weighted by Gasteiger charge is -2.43. The van der Waals surface area contributed by atoms with Crippen LogP contribution in [-0.2, 0) is 0 Å². The zero-order chi connectivity index (χ0) is 13.7. The molecule has 3 heteroatoms. The van der Waals surface area contributed by atoms with Crippen LogP contribution in [-0.4, -0.2) is 61.7 Å². The molecule has 19 heavy (non-hydrogen) atoms. The first-order valence-electron chi connectivity index (χ1n) is 8.22. The summed E-state index contributed by atoms with van der Waals surface area (Å²) in [6.45, 7) is 12.0. The maximum Gasteiger partial charge on any atom is 0.0281 e. The standard InChI is InChI=1S/C16H33N3/c1-16(2,19-11-9-17-10-12-19)14-18(3)13-15-7-5-4-6-8-15/h15,17H,4-14H2,1-3H3. The van der Waals surface area contributed by atoms with E-state index in [1.54, 1.807) is 0 Å². The van der Waals surface area contributed by atoms with E-state index in [0.717, 1.165) is 19.0 Å². The van der Waals surface area contributed by atoms with Crippen molar-refractivity contribution in [1.82, 2.24) is 15.1 Å². The molecule has 3 nitrogen and oxygen atoms in total. The minimum Gasteiger partial charge on any atom is -0.314 e. The first kappa shape index (κ1) is 15.3. The van der Waals surface area contributed by atoms with E-state index in [4.69, 9.17) is 0 Å². The van der Waals surface area contributed by atoms with E-state index in [9.17, 15) is 0 Å². The molecule has 0 bridgehead atoms. The molecule has 0 spiro atoms. The zero-order valence-corrected chi connectivity index (χ0v) is 13.2. The largest absolute Gasteiger partial charge is 0.314 e. The molecule has 0 unspecified atom stereocenters. The predicted octanol–water partition coefficient (Wildman–Crippen LogP) is 2.18. The van der Waals surface area contributed by atoms with Gasteiger partial charge in [0.1, 0.15) is 0 Å². The first-order chi connectivity index (χ1) is 9.08. The van der Waals surface area contributed by atoms with E-state index in [-0.39, 0.29) is 0 Å². The summed E-state index contributed by atoms with van der Waals surface area (Å²) < 4.78 is 0. The Hall–Kier alpha value is -0.120. The van der Waals surface area contributed by atoms with E-state index in [1.165, 1.54) is 58.3 Å². The van der Waals surface area contributed by atoms with Gasteiger partial charge >= 0.3 is 0 Å². The van der Waals surface area contributed by atoms with Gasteiger partial charge in [0.25, 0.3) is 0 Å². The van der Waals surface area contributed by atoms with Crippen LogP contribution in [0.15, 0.2) is 0 Å². The minimum absolute atomic E-state index is 0.311. The van der Waals surface area contributed by atoms with Crippen LogP contribution in [0.5, 0.6) is 0 Å². The number of hydrogen-bond acceptors (Lipinski definition) is 3. The summed E-state index contributed by atoms with van der Waals surface area (Å²) >= 11 is 0. The van der Waals surface area contributed by atoms with Crippen molar-refractivity contribution in [2.24, 2.45) is 5.92 Å². The van der Waals surface area contributed by atoms with Crippen LogP contribution in [0.1, 0.15) is 46.0 Å². The van der Waals surface area contributed by atoms with Gasteiger partial charge in [0, 0.05) is 44.8 Å². The highest BCUT2D eigenvalue weighted by Gasteiger charge is 2.29. The van der Waals surface area contributed by atoms with Crippen molar-refractivity contribution in [2.75, 3.05) is 46.3 Å².